The van der Waals surface area contributed by atoms with E-state index in [2.05, 4.69) is 69.2 Å². The number of hydrogen-bond donors (Lipinski definition) is 0. The standard InChI is InChI=1S/C34H46O8S2.2Na/c1-19-21(3)25(7)33(26(8)22(19)4)29-17-30(34-27(9)23(5)20(2)24(6)28(34)10)32(42-14-12-16-44(38,39)40)18-31(29)41-13-11-15-43(35,36)37;;/h17-18H,11-16H2,1-10H3,(H,35,36,37)(H,38,39,40);;/q;2*+1/p-2. The van der Waals surface area contributed by atoms with Crippen molar-refractivity contribution in [2.45, 2.75) is 82.1 Å². The van der Waals surface area contributed by atoms with E-state index in [4.69, 9.17) is 9.47 Å². The normalized spacial score (nSPS) is 11.6. The largest absolute Gasteiger partial charge is 1.00 e. The van der Waals surface area contributed by atoms with Gasteiger partial charge in [0.2, 0.25) is 0 Å². The van der Waals surface area contributed by atoms with Gasteiger partial charge in [-0.3, -0.25) is 0 Å². The summed E-state index contributed by atoms with van der Waals surface area (Å²) in [6.45, 7) is 20.8. The second-order valence-corrected chi connectivity index (χ2v) is 14.8. The summed E-state index contributed by atoms with van der Waals surface area (Å²) in [7, 11) is -8.80. The first-order valence-corrected chi connectivity index (χ1v) is 17.9. The molecule has 0 aliphatic rings. The van der Waals surface area contributed by atoms with E-state index < -0.39 is 31.7 Å². The first kappa shape index (κ1) is 43.1. The summed E-state index contributed by atoms with van der Waals surface area (Å²) in [5.74, 6) is -0.190. The van der Waals surface area contributed by atoms with Gasteiger partial charge in [-0.1, -0.05) is 0 Å². The second-order valence-electron chi connectivity index (χ2n) is 11.8. The van der Waals surface area contributed by atoms with Crippen molar-refractivity contribution in [2.24, 2.45) is 0 Å². The Morgan fingerprint density at radius 3 is 1.00 bits per heavy atom. The Labute approximate surface area is 320 Å². The van der Waals surface area contributed by atoms with E-state index in [1.165, 1.54) is 11.1 Å². The number of benzene rings is 3. The molecule has 0 N–H and O–H groups in total. The van der Waals surface area contributed by atoms with Gasteiger partial charge in [0.15, 0.2) is 0 Å². The molecular weight excluding hydrogens is 646 g/mol. The molecule has 12 heteroatoms. The first-order valence-electron chi connectivity index (χ1n) is 14.7. The van der Waals surface area contributed by atoms with Crippen LogP contribution in [0.2, 0.25) is 0 Å². The Hall–Kier alpha value is -0.920. The van der Waals surface area contributed by atoms with Crippen LogP contribution in [0.4, 0.5) is 0 Å². The summed E-state index contributed by atoms with van der Waals surface area (Å²) < 4.78 is 79.9. The zero-order chi connectivity index (χ0) is 33.3. The molecule has 0 heterocycles. The molecule has 0 fully saturated rings. The third-order valence-corrected chi connectivity index (χ3v) is 10.8. The van der Waals surface area contributed by atoms with Gasteiger partial charge >= 0.3 is 59.1 Å². The number of rotatable bonds is 12. The predicted molar refractivity (Wildman–Crippen MR) is 174 cm³/mol. The minimum absolute atomic E-state index is 0. The van der Waals surface area contributed by atoms with Gasteiger partial charge < -0.3 is 18.6 Å². The average Bonchev–Trinajstić information content (AvgIpc) is 2.93. The molecule has 0 aliphatic heterocycles. The van der Waals surface area contributed by atoms with E-state index in [0.29, 0.717) is 11.5 Å². The fourth-order valence-electron chi connectivity index (χ4n) is 5.83. The maximum absolute atomic E-state index is 11.2. The quantitative estimate of drug-likeness (QED) is 0.155. The van der Waals surface area contributed by atoms with Crippen molar-refractivity contribution < 1.29 is 94.5 Å². The predicted octanol–water partition coefficient (Wildman–Crippen LogP) is 0.741. The van der Waals surface area contributed by atoms with Crippen molar-refractivity contribution in [3.05, 3.63) is 67.8 Å². The molecule has 242 valence electrons. The molecule has 3 aromatic rings. The molecule has 0 unspecified atom stereocenters. The third kappa shape index (κ3) is 10.1. The zero-order valence-corrected chi connectivity index (χ0v) is 35.1. The van der Waals surface area contributed by atoms with Gasteiger partial charge in [0.1, 0.15) is 11.5 Å². The van der Waals surface area contributed by atoms with Crippen LogP contribution in [0.25, 0.3) is 22.3 Å². The van der Waals surface area contributed by atoms with Crippen molar-refractivity contribution in [1.82, 2.24) is 0 Å². The van der Waals surface area contributed by atoms with Crippen LogP contribution in [0.5, 0.6) is 11.5 Å². The van der Waals surface area contributed by atoms with Gasteiger partial charge in [-0.25, -0.2) is 16.8 Å². The zero-order valence-electron chi connectivity index (χ0n) is 29.5. The summed E-state index contributed by atoms with van der Waals surface area (Å²) in [6.07, 6.45) is 0.0338. The average molecular weight is 691 g/mol. The van der Waals surface area contributed by atoms with Crippen LogP contribution < -0.4 is 68.6 Å². The van der Waals surface area contributed by atoms with Crippen LogP contribution in [0.1, 0.15) is 68.5 Å². The molecule has 0 atom stereocenters. The van der Waals surface area contributed by atoms with Gasteiger partial charge in [0, 0.05) is 28.7 Å². The summed E-state index contributed by atoms with van der Waals surface area (Å²) >= 11 is 0. The van der Waals surface area contributed by atoms with E-state index in [-0.39, 0.29) is 85.2 Å². The Morgan fingerprint density at radius 1 is 0.478 bits per heavy atom. The van der Waals surface area contributed by atoms with Gasteiger partial charge in [0.25, 0.3) is 0 Å². The molecule has 46 heavy (non-hydrogen) atoms. The summed E-state index contributed by atoms with van der Waals surface area (Å²) in [5, 5.41) is 0. The Morgan fingerprint density at radius 2 is 0.739 bits per heavy atom. The Bertz CT molecular complexity index is 1630. The number of ether oxygens (including phenoxy) is 2. The molecule has 0 aromatic heterocycles. The van der Waals surface area contributed by atoms with Gasteiger partial charge in [0.05, 0.1) is 33.5 Å². The van der Waals surface area contributed by atoms with E-state index in [0.717, 1.165) is 66.8 Å². The van der Waals surface area contributed by atoms with Crippen molar-refractivity contribution >= 4 is 20.2 Å². The molecule has 3 rings (SSSR count). The molecule has 0 amide bonds. The van der Waals surface area contributed by atoms with Crippen LogP contribution in [0, 0.1) is 69.2 Å². The van der Waals surface area contributed by atoms with Crippen LogP contribution >= 0.6 is 0 Å². The Balaban J connectivity index is 0.00000529. The number of hydrogen-bond acceptors (Lipinski definition) is 8. The molecule has 0 spiro atoms. The maximum Gasteiger partial charge on any atom is 1.00 e. The van der Waals surface area contributed by atoms with E-state index in [1.807, 2.05) is 6.07 Å². The van der Waals surface area contributed by atoms with Gasteiger partial charge in [-0.2, -0.15) is 0 Å². The van der Waals surface area contributed by atoms with Crippen LogP contribution in [-0.4, -0.2) is 50.7 Å². The molecule has 3 aromatic carbocycles. The van der Waals surface area contributed by atoms with Gasteiger partial charge in [-0.05, 0) is 155 Å². The van der Waals surface area contributed by atoms with Crippen molar-refractivity contribution in [1.29, 1.82) is 0 Å². The summed E-state index contributed by atoms with van der Waals surface area (Å²) in [5.41, 5.74) is 15.0. The first-order chi connectivity index (χ1) is 20.3. The van der Waals surface area contributed by atoms with Crippen molar-refractivity contribution in [3.8, 4) is 33.8 Å². The monoisotopic (exact) mass is 690 g/mol. The van der Waals surface area contributed by atoms with Crippen molar-refractivity contribution in [3.63, 3.8) is 0 Å². The minimum Gasteiger partial charge on any atom is -0.748 e. The van der Waals surface area contributed by atoms with E-state index in [1.54, 1.807) is 6.07 Å². The van der Waals surface area contributed by atoms with Crippen LogP contribution in [-0.2, 0) is 20.2 Å². The van der Waals surface area contributed by atoms with E-state index in [9.17, 15) is 25.9 Å². The Kier molecular flexibility index (Phi) is 16.1. The maximum atomic E-state index is 11.2. The fraction of sp³-hybridized carbons (Fsp3) is 0.471. The van der Waals surface area contributed by atoms with Crippen LogP contribution in [0.15, 0.2) is 12.1 Å². The molecule has 0 radical (unpaired) electrons. The van der Waals surface area contributed by atoms with Crippen LogP contribution in [0.3, 0.4) is 0 Å². The summed E-state index contributed by atoms with van der Waals surface area (Å²) in [6, 6.07) is 3.79. The molecule has 0 saturated carbocycles. The molecule has 8 nitrogen and oxygen atoms in total. The topological polar surface area (TPSA) is 133 Å². The second kappa shape index (κ2) is 17.1. The molecule has 0 saturated heterocycles. The molecular formula is C34H44Na2O8S2. The minimum atomic E-state index is -4.40. The smallest absolute Gasteiger partial charge is 0.748 e. The molecule has 0 aliphatic carbocycles. The van der Waals surface area contributed by atoms with Crippen molar-refractivity contribution in [2.75, 3.05) is 24.7 Å². The summed E-state index contributed by atoms with van der Waals surface area (Å²) in [4.78, 5) is 0. The molecule has 0 bridgehead atoms. The SMILES string of the molecule is Cc1c(C)c(C)c(-c2cc(-c3c(C)c(C)c(C)c(C)c3C)c(OCCCS(=O)(=O)[O-])cc2OCCCS(=O)(=O)[O-])c(C)c1C.[Na+].[Na+]. The van der Waals surface area contributed by atoms with E-state index >= 15 is 0 Å². The third-order valence-electron chi connectivity index (χ3n) is 9.21. The fourth-order valence-corrected chi connectivity index (χ4v) is 6.78. The van der Waals surface area contributed by atoms with Gasteiger partial charge in [-0.15, -0.1) is 0 Å².